The van der Waals surface area contributed by atoms with E-state index in [4.69, 9.17) is 0 Å². The molecule has 0 aromatic heterocycles. The molecule has 21 heavy (non-hydrogen) atoms. The van der Waals surface area contributed by atoms with Gasteiger partial charge in [-0.15, -0.1) is 0 Å². The first kappa shape index (κ1) is 16.3. The van der Waals surface area contributed by atoms with E-state index in [0.717, 1.165) is 51.7 Å². The highest BCUT2D eigenvalue weighted by molar-refractivity contribution is 5.88. The number of amides is 2. The first-order valence-electron chi connectivity index (χ1n) is 8.53. The van der Waals surface area contributed by atoms with E-state index in [9.17, 15) is 9.59 Å². The zero-order valence-electron chi connectivity index (χ0n) is 13.9. The Balaban J connectivity index is 2.06. The second-order valence-corrected chi connectivity index (χ2v) is 7.38. The monoisotopic (exact) mass is 294 g/mol. The Morgan fingerprint density at radius 3 is 2.57 bits per heavy atom. The van der Waals surface area contributed by atoms with Gasteiger partial charge in [-0.05, 0) is 43.9 Å². The van der Waals surface area contributed by atoms with Gasteiger partial charge in [-0.1, -0.05) is 20.8 Å². The number of piperidine rings is 2. The summed E-state index contributed by atoms with van der Waals surface area (Å²) in [5.74, 6) is 0.346. The number of rotatable bonds is 3. The maximum Gasteiger partial charge on any atom is 0.245 e. The van der Waals surface area contributed by atoms with E-state index in [0.29, 0.717) is 6.42 Å². The number of carbonyl (C=O) groups excluding carboxylic acids is 2. The standard InChI is InChI=1S/C17H30N2O2/c1-4-8-15(20)19-12-6-5-9-14(19)16(21)18-11-7-10-17(2,3)13-18/h14H,4-13H2,1-3H3/t14-/m0/s1. The molecule has 0 saturated carbocycles. The molecule has 0 aromatic rings. The van der Waals surface area contributed by atoms with Crippen LogP contribution >= 0.6 is 0 Å². The molecule has 0 bridgehead atoms. The highest BCUT2D eigenvalue weighted by atomic mass is 16.2. The Kier molecular flexibility index (Phi) is 5.28. The maximum absolute atomic E-state index is 12.9. The van der Waals surface area contributed by atoms with Crippen LogP contribution in [-0.2, 0) is 9.59 Å². The average molecular weight is 294 g/mol. The molecule has 0 unspecified atom stereocenters. The topological polar surface area (TPSA) is 40.6 Å². The van der Waals surface area contributed by atoms with Crippen molar-refractivity contribution in [1.82, 2.24) is 9.80 Å². The first-order valence-corrected chi connectivity index (χ1v) is 8.53. The maximum atomic E-state index is 12.9. The molecule has 2 aliphatic rings. The molecule has 0 N–H and O–H groups in total. The zero-order chi connectivity index (χ0) is 15.5. The summed E-state index contributed by atoms with van der Waals surface area (Å²) >= 11 is 0. The fraction of sp³-hybridized carbons (Fsp3) is 0.882. The van der Waals surface area contributed by atoms with Crippen molar-refractivity contribution in [2.75, 3.05) is 19.6 Å². The summed E-state index contributed by atoms with van der Waals surface area (Å²) in [6.45, 7) is 8.92. The third kappa shape index (κ3) is 3.98. The lowest BCUT2D eigenvalue weighted by Gasteiger charge is -2.42. The van der Waals surface area contributed by atoms with E-state index in [2.05, 4.69) is 13.8 Å². The summed E-state index contributed by atoms with van der Waals surface area (Å²) in [4.78, 5) is 29.0. The van der Waals surface area contributed by atoms with Crippen LogP contribution in [0.4, 0.5) is 0 Å². The molecule has 0 aliphatic carbocycles. The van der Waals surface area contributed by atoms with Gasteiger partial charge in [0.15, 0.2) is 0 Å². The van der Waals surface area contributed by atoms with Crippen LogP contribution in [0.1, 0.15) is 65.7 Å². The number of nitrogens with zero attached hydrogens (tertiary/aromatic N) is 2. The van der Waals surface area contributed by atoms with Crippen molar-refractivity contribution in [3.63, 3.8) is 0 Å². The average Bonchev–Trinajstić information content (AvgIpc) is 2.45. The normalized spacial score (nSPS) is 25.8. The van der Waals surface area contributed by atoms with Gasteiger partial charge < -0.3 is 9.80 Å². The van der Waals surface area contributed by atoms with Gasteiger partial charge in [-0.2, -0.15) is 0 Å². The molecular weight excluding hydrogens is 264 g/mol. The van der Waals surface area contributed by atoms with Crippen molar-refractivity contribution in [2.24, 2.45) is 5.41 Å². The lowest BCUT2D eigenvalue weighted by molar-refractivity contribution is -0.149. The van der Waals surface area contributed by atoms with Crippen LogP contribution in [0.5, 0.6) is 0 Å². The molecular formula is C17H30N2O2. The Morgan fingerprint density at radius 2 is 1.90 bits per heavy atom. The molecule has 0 spiro atoms. The molecule has 0 radical (unpaired) electrons. The predicted octanol–water partition coefficient (Wildman–Crippen LogP) is 2.82. The molecule has 2 saturated heterocycles. The highest BCUT2D eigenvalue weighted by Gasteiger charge is 2.37. The first-order chi connectivity index (χ1) is 9.94. The van der Waals surface area contributed by atoms with Crippen LogP contribution < -0.4 is 0 Å². The molecule has 4 nitrogen and oxygen atoms in total. The van der Waals surface area contributed by atoms with Crippen LogP contribution in [0, 0.1) is 5.41 Å². The van der Waals surface area contributed by atoms with Crippen molar-refractivity contribution < 1.29 is 9.59 Å². The van der Waals surface area contributed by atoms with E-state index < -0.39 is 0 Å². The third-order valence-electron chi connectivity index (χ3n) is 4.78. The van der Waals surface area contributed by atoms with Gasteiger partial charge in [-0.25, -0.2) is 0 Å². The van der Waals surface area contributed by atoms with Crippen molar-refractivity contribution in [3.8, 4) is 0 Å². The molecule has 2 amide bonds. The number of hydrogen-bond donors (Lipinski definition) is 0. The summed E-state index contributed by atoms with van der Waals surface area (Å²) in [6, 6.07) is -0.202. The molecule has 2 aliphatic heterocycles. The lowest BCUT2D eigenvalue weighted by atomic mass is 9.83. The van der Waals surface area contributed by atoms with Crippen molar-refractivity contribution >= 4 is 11.8 Å². The van der Waals surface area contributed by atoms with E-state index >= 15 is 0 Å². The summed E-state index contributed by atoms with van der Waals surface area (Å²) in [7, 11) is 0. The fourth-order valence-corrected chi connectivity index (χ4v) is 3.67. The van der Waals surface area contributed by atoms with Crippen molar-refractivity contribution in [2.45, 2.75) is 71.8 Å². The smallest absolute Gasteiger partial charge is 0.245 e. The Hall–Kier alpha value is -1.06. The van der Waals surface area contributed by atoms with E-state index in [-0.39, 0.29) is 23.3 Å². The number of hydrogen-bond acceptors (Lipinski definition) is 2. The molecule has 2 rings (SSSR count). The van der Waals surface area contributed by atoms with Gasteiger partial charge in [0.1, 0.15) is 6.04 Å². The summed E-state index contributed by atoms with van der Waals surface area (Å²) in [5, 5.41) is 0. The number of carbonyl (C=O) groups is 2. The van der Waals surface area contributed by atoms with Gasteiger partial charge in [0, 0.05) is 26.1 Å². The van der Waals surface area contributed by atoms with E-state index in [1.54, 1.807) is 0 Å². The third-order valence-corrected chi connectivity index (χ3v) is 4.78. The van der Waals surface area contributed by atoms with Gasteiger partial charge in [0.25, 0.3) is 0 Å². The lowest BCUT2D eigenvalue weighted by Crippen LogP contribution is -2.55. The highest BCUT2D eigenvalue weighted by Crippen LogP contribution is 2.30. The summed E-state index contributed by atoms with van der Waals surface area (Å²) < 4.78 is 0. The van der Waals surface area contributed by atoms with E-state index in [1.165, 1.54) is 6.42 Å². The Labute approximate surface area is 128 Å². The van der Waals surface area contributed by atoms with Crippen LogP contribution in [0.3, 0.4) is 0 Å². The molecule has 1 atom stereocenters. The van der Waals surface area contributed by atoms with Gasteiger partial charge in [0.05, 0.1) is 0 Å². The second-order valence-electron chi connectivity index (χ2n) is 7.38. The molecule has 120 valence electrons. The molecule has 2 heterocycles. The van der Waals surface area contributed by atoms with Crippen LogP contribution in [0.2, 0.25) is 0 Å². The minimum absolute atomic E-state index is 0.159. The fourth-order valence-electron chi connectivity index (χ4n) is 3.67. The minimum atomic E-state index is -0.202. The second kappa shape index (κ2) is 6.80. The quantitative estimate of drug-likeness (QED) is 0.803. The van der Waals surface area contributed by atoms with Crippen molar-refractivity contribution in [3.05, 3.63) is 0 Å². The van der Waals surface area contributed by atoms with Crippen LogP contribution in [-0.4, -0.2) is 47.3 Å². The Bertz CT molecular complexity index is 392. The Morgan fingerprint density at radius 1 is 1.14 bits per heavy atom. The molecule has 2 fully saturated rings. The van der Waals surface area contributed by atoms with E-state index in [1.807, 2.05) is 16.7 Å². The van der Waals surface area contributed by atoms with Gasteiger partial charge in [0.2, 0.25) is 11.8 Å². The largest absolute Gasteiger partial charge is 0.340 e. The SMILES string of the molecule is CCCC(=O)N1CCCC[C@H]1C(=O)N1CCCC(C)(C)C1. The van der Waals surface area contributed by atoms with Gasteiger partial charge in [-0.3, -0.25) is 9.59 Å². The minimum Gasteiger partial charge on any atom is -0.340 e. The predicted molar refractivity (Wildman–Crippen MR) is 83.9 cm³/mol. The zero-order valence-corrected chi connectivity index (χ0v) is 13.9. The summed E-state index contributed by atoms with van der Waals surface area (Å²) in [5.41, 5.74) is 0.209. The van der Waals surface area contributed by atoms with Crippen molar-refractivity contribution in [1.29, 1.82) is 0 Å². The summed E-state index contributed by atoms with van der Waals surface area (Å²) in [6.07, 6.45) is 6.61. The molecule has 0 aromatic carbocycles. The molecule has 4 heteroatoms. The van der Waals surface area contributed by atoms with Crippen LogP contribution in [0.25, 0.3) is 0 Å². The van der Waals surface area contributed by atoms with Gasteiger partial charge >= 0.3 is 0 Å². The van der Waals surface area contributed by atoms with Crippen LogP contribution in [0.15, 0.2) is 0 Å². The number of likely N-dealkylation sites (tertiary alicyclic amines) is 2.